The number of nitrogens with zero attached hydrogens (tertiary/aromatic N) is 5. The van der Waals surface area contributed by atoms with Gasteiger partial charge >= 0.3 is 6.18 Å². The number of fused-ring (bicyclic) bond motifs is 2. The number of nitrogens with one attached hydrogen (secondary N) is 1. The second-order valence-corrected chi connectivity index (χ2v) is 12.6. The first kappa shape index (κ1) is 34.4. The highest BCUT2D eigenvalue weighted by molar-refractivity contribution is 6.10. The van der Waals surface area contributed by atoms with E-state index >= 15 is 0 Å². The van der Waals surface area contributed by atoms with Crippen LogP contribution in [0.1, 0.15) is 28.8 Å². The Kier molecular flexibility index (Phi) is 9.54. The molecule has 5 rings (SSSR count). The number of hydrogen-bond acceptors (Lipinski definition) is 7. The number of alkyl halides is 3. The van der Waals surface area contributed by atoms with E-state index in [0.29, 0.717) is 35.8 Å². The number of aryl methyl sites for hydroxylation is 2. The van der Waals surface area contributed by atoms with Crippen molar-refractivity contribution < 1.29 is 32.3 Å². The summed E-state index contributed by atoms with van der Waals surface area (Å²) in [5.74, 6) is -1.53. The fourth-order valence-electron chi connectivity index (χ4n) is 6.47. The number of likely N-dealkylation sites (N-methyl/N-ethyl adjacent to an activating group) is 2. The van der Waals surface area contributed by atoms with Gasteiger partial charge in [-0.3, -0.25) is 19.3 Å². The monoisotopic (exact) mass is 664 g/mol. The quantitative estimate of drug-likeness (QED) is 0.331. The second kappa shape index (κ2) is 13.3. The second-order valence-electron chi connectivity index (χ2n) is 12.6. The van der Waals surface area contributed by atoms with E-state index in [4.69, 9.17) is 4.74 Å². The molecule has 13 heteroatoms. The molecule has 3 heterocycles. The first-order valence-corrected chi connectivity index (χ1v) is 15.4. The highest BCUT2D eigenvalue weighted by Crippen LogP contribution is 2.42. The third-order valence-electron chi connectivity index (χ3n) is 8.59. The molecule has 0 spiro atoms. The summed E-state index contributed by atoms with van der Waals surface area (Å²) in [4.78, 5) is 51.2. The smallest absolute Gasteiger partial charge is 0.416 e. The SMILES string of the molecule is C=C(CN(C)C)C(=O)Nc1ccc(CN2C[C@H]3CC(=O)N(c4cc(C(F)(F)F)cc(C)n4)[C@@H]3C(=O)N(C)c3cccc(C)c32)cc1OC. The van der Waals surface area contributed by atoms with Crippen LogP contribution in [0.3, 0.4) is 0 Å². The maximum atomic E-state index is 14.1. The largest absolute Gasteiger partial charge is 0.495 e. The van der Waals surface area contributed by atoms with Gasteiger partial charge in [-0.05, 0) is 69.4 Å². The van der Waals surface area contributed by atoms with Crippen LogP contribution in [-0.4, -0.2) is 75.0 Å². The molecule has 1 N–H and O–H groups in total. The number of methoxy groups -OCH3 is 1. The van der Waals surface area contributed by atoms with Crippen molar-refractivity contribution in [1.82, 2.24) is 9.88 Å². The van der Waals surface area contributed by atoms with Crippen LogP contribution in [0, 0.1) is 19.8 Å². The molecular formula is C35H39F3N6O4. The summed E-state index contributed by atoms with van der Waals surface area (Å²) in [6.07, 6.45) is -4.71. The van der Waals surface area contributed by atoms with Gasteiger partial charge in [-0.15, -0.1) is 0 Å². The summed E-state index contributed by atoms with van der Waals surface area (Å²) in [6, 6.07) is 11.7. The number of ether oxygens (including phenoxy) is 1. The van der Waals surface area contributed by atoms with Crippen molar-refractivity contribution in [1.29, 1.82) is 0 Å². The fourth-order valence-corrected chi connectivity index (χ4v) is 6.47. The molecular weight excluding hydrogens is 625 g/mol. The average molecular weight is 665 g/mol. The zero-order valence-electron chi connectivity index (χ0n) is 27.8. The maximum absolute atomic E-state index is 14.1. The number of hydrogen-bond donors (Lipinski definition) is 1. The number of benzene rings is 2. The summed E-state index contributed by atoms with van der Waals surface area (Å²) in [5.41, 5.74) is 3.13. The number of aromatic nitrogens is 1. The van der Waals surface area contributed by atoms with Crippen LogP contribution in [0.15, 0.2) is 60.7 Å². The summed E-state index contributed by atoms with van der Waals surface area (Å²) in [6.45, 7) is 8.22. The van der Waals surface area contributed by atoms with Crippen LogP contribution in [0.5, 0.6) is 5.75 Å². The van der Waals surface area contributed by atoms with Gasteiger partial charge in [0.05, 0.1) is 29.7 Å². The van der Waals surface area contributed by atoms with E-state index in [1.807, 2.05) is 50.2 Å². The Morgan fingerprint density at radius 2 is 1.85 bits per heavy atom. The first-order chi connectivity index (χ1) is 22.6. The molecule has 10 nitrogen and oxygen atoms in total. The summed E-state index contributed by atoms with van der Waals surface area (Å²) in [7, 11) is 6.80. The van der Waals surface area contributed by atoms with Crippen LogP contribution < -0.4 is 24.8 Å². The van der Waals surface area contributed by atoms with E-state index in [1.54, 1.807) is 19.2 Å². The minimum Gasteiger partial charge on any atom is -0.495 e. The van der Waals surface area contributed by atoms with Gasteiger partial charge in [-0.25, -0.2) is 4.98 Å². The van der Waals surface area contributed by atoms with Crippen molar-refractivity contribution in [3.05, 3.63) is 83.1 Å². The first-order valence-electron chi connectivity index (χ1n) is 15.4. The van der Waals surface area contributed by atoms with E-state index < -0.39 is 35.5 Å². The number of carbonyl (C=O) groups is 3. The Morgan fingerprint density at radius 1 is 1.12 bits per heavy atom. The minimum absolute atomic E-state index is 0.0515. The van der Waals surface area contributed by atoms with Crippen LogP contribution in [0.4, 0.5) is 36.1 Å². The lowest BCUT2D eigenvalue weighted by molar-refractivity contribution is -0.137. The molecule has 3 amide bonds. The molecule has 1 fully saturated rings. The van der Waals surface area contributed by atoms with Crippen molar-refractivity contribution in [2.45, 2.75) is 39.0 Å². The average Bonchev–Trinajstić information content (AvgIpc) is 3.33. The third-order valence-corrected chi connectivity index (χ3v) is 8.59. The minimum atomic E-state index is -4.65. The zero-order chi connectivity index (χ0) is 35.1. The van der Waals surface area contributed by atoms with E-state index in [2.05, 4.69) is 21.8 Å². The lowest BCUT2D eigenvalue weighted by Gasteiger charge is -2.39. The molecule has 0 unspecified atom stereocenters. The highest BCUT2D eigenvalue weighted by Gasteiger charge is 2.49. The number of halogens is 3. The Balaban J connectivity index is 1.52. The molecule has 48 heavy (non-hydrogen) atoms. The number of carbonyl (C=O) groups excluding carboxylic acids is 3. The lowest BCUT2D eigenvalue weighted by atomic mass is 9.94. The van der Waals surface area contributed by atoms with E-state index in [9.17, 15) is 27.6 Å². The van der Waals surface area contributed by atoms with Gasteiger partial charge in [0.2, 0.25) is 11.8 Å². The van der Waals surface area contributed by atoms with E-state index in [-0.39, 0.29) is 30.4 Å². The molecule has 0 bridgehead atoms. The van der Waals surface area contributed by atoms with Crippen molar-refractivity contribution >= 4 is 40.6 Å². The number of rotatable bonds is 8. The van der Waals surface area contributed by atoms with Gasteiger partial charge in [0.15, 0.2) is 0 Å². The molecule has 3 aromatic rings. The Morgan fingerprint density at radius 3 is 2.52 bits per heavy atom. The van der Waals surface area contributed by atoms with Gasteiger partial charge in [-0.1, -0.05) is 24.8 Å². The molecule has 1 saturated heterocycles. The van der Waals surface area contributed by atoms with Crippen molar-refractivity contribution in [3.63, 3.8) is 0 Å². The summed E-state index contributed by atoms with van der Waals surface area (Å²) in [5, 5.41) is 2.86. The Bertz CT molecular complexity index is 1780. The Labute approximate surface area is 277 Å². The molecule has 0 radical (unpaired) electrons. The summed E-state index contributed by atoms with van der Waals surface area (Å²) < 4.78 is 46.9. The van der Waals surface area contributed by atoms with E-state index in [1.165, 1.54) is 18.9 Å². The third kappa shape index (κ3) is 6.86. The lowest BCUT2D eigenvalue weighted by Crippen LogP contribution is -2.52. The topological polar surface area (TPSA) is 98.3 Å². The molecule has 2 aliphatic rings. The fraction of sp³-hybridized carbons (Fsp3) is 0.371. The van der Waals surface area contributed by atoms with Crippen LogP contribution in [0.2, 0.25) is 0 Å². The van der Waals surface area contributed by atoms with Gasteiger partial charge in [0.1, 0.15) is 17.6 Å². The predicted octanol–water partition coefficient (Wildman–Crippen LogP) is 5.19. The molecule has 1 aromatic heterocycles. The summed E-state index contributed by atoms with van der Waals surface area (Å²) >= 11 is 0. The van der Waals surface area contributed by atoms with Crippen molar-refractivity contribution in [3.8, 4) is 5.75 Å². The van der Waals surface area contributed by atoms with Crippen LogP contribution in [-0.2, 0) is 27.1 Å². The standard InChI is InChI=1S/C35H39F3N6O4/c1-20-9-8-10-27-31(20)43(18-23-11-12-26(28(14-23)48-7)40-33(46)21(2)17-41(4)5)19-24-15-30(45)44(32(24)34(47)42(27)6)29-16-25(35(36,37)38)13-22(3)39-29/h8-14,16,24,32H,2,15,17-19H2,1,3-7H3,(H,40,46)/t24-,32+/m1/s1. The van der Waals surface area contributed by atoms with Gasteiger partial charge in [0.25, 0.3) is 5.91 Å². The molecule has 2 aliphatic heterocycles. The molecule has 254 valence electrons. The number of amides is 3. The Hall–Kier alpha value is -4.91. The van der Waals surface area contributed by atoms with Crippen LogP contribution >= 0.6 is 0 Å². The maximum Gasteiger partial charge on any atom is 0.416 e. The molecule has 0 aliphatic carbocycles. The van der Waals surface area contributed by atoms with E-state index in [0.717, 1.165) is 33.8 Å². The van der Waals surface area contributed by atoms with Crippen LogP contribution in [0.25, 0.3) is 0 Å². The number of pyridine rings is 1. The van der Waals surface area contributed by atoms with Gasteiger partial charge in [0, 0.05) is 50.3 Å². The zero-order valence-corrected chi connectivity index (χ0v) is 27.8. The van der Waals surface area contributed by atoms with Crippen molar-refractivity contribution in [2.75, 3.05) is 61.4 Å². The predicted molar refractivity (Wildman–Crippen MR) is 178 cm³/mol. The number of anilines is 4. The molecule has 0 saturated carbocycles. The highest BCUT2D eigenvalue weighted by atomic mass is 19.4. The molecule has 2 atom stereocenters. The number of para-hydroxylation sites is 1. The van der Waals surface area contributed by atoms with Gasteiger partial charge in [-0.2, -0.15) is 13.2 Å². The van der Waals surface area contributed by atoms with Gasteiger partial charge < -0.3 is 24.8 Å². The normalized spacial score (nSPS) is 18.0. The molecule has 2 aromatic carbocycles. The van der Waals surface area contributed by atoms with Crippen molar-refractivity contribution in [2.24, 2.45) is 5.92 Å².